The summed E-state index contributed by atoms with van der Waals surface area (Å²) < 4.78 is 1.09. The number of fused-ring (bicyclic) bond motifs is 1. The maximum atomic E-state index is 13.6. The molecule has 3 aromatic heterocycles. The molecule has 0 radical (unpaired) electrons. The third-order valence-corrected chi connectivity index (χ3v) is 7.02. The molecule has 158 valence electrons. The minimum absolute atomic E-state index is 0.194. The Labute approximate surface area is 193 Å². The Morgan fingerprint density at radius 1 is 1.00 bits per heavy atom. The fraction of sp³-hybridized carbons (Fsp3) is 0.125. The standard InChI is InChI=1S/C24H19N5OS2/c1-15-11-16(2)20-18(12-15)28-24(32-20)29(13-17-7-4-3-5-8-17)23(30)19-14-31-22(27-19)21-25-9-6-10-26-21/h3-12,14H,13H2,1-2H3. The van der Waals surface area contributed by atoms with Crippen molar-refractivity contribution in [1.82, 2.24) is 19.9 Å². The summed E-state index contributed by atoms with van der Waals surface area (Å²) in [4.78, 5) is 33.2. The van der Waals surface area contributed by atoms with Gasteiger partial charge in [-0.1, -0.05) is 47.7 Å². The number of aromatic nitrogens is 4. The fourth-order valence-corrected chi connectivity index (χ4v) is 5.25. The molecule has 0 fully saturated rings. The Morgan fingerprint density at radius 3 is 2.56 bits per heavy atom. The van der Waals surface area contributed by atoms with Crippen molar-refractivity contribution in [3.8, 4) is 10.8 Å². The van der Waals surface area contributed by atoms with Crippen molar-refractivity contribution in [1.29, 1.82) is 0 Å². The van der Waals surface area contributed by atoms with Gasteiger partial charge in [0.2, 0.25) is 0 Å². The number of hydrogen-bond acceptors (Lipinski definition) is 7. The van der Waals surface area contributed by atoms with Crippen molar-refractivity contribution in [3.05, 3.63) is 88.7 Å². The molecule has 1 amide bonds. The topological polar surface area (TPSA) is 71.9 Å². The Morgan fingerprint density at radius 2 is 1.78 bits per heavy atom. The zero-order valence-corrected chi connectivity index (χ0v) is 19.2. The van der Waals surface area contributed by atoms with Crippen LogP contribution in [0.3, 0.4) is 0 Å². The quantitative estimate of drug-likeness (QED) is 0.340. The summed E-state index contributed by atoms with van der Waals surface area (Å²) in [5, 5.41) is 3.03. The van der Waals surface area contributed by atoms with Crippen molar-refractivity contribution in [2.24, 2.45) is 0 Å². The number of carbonyl (C=O) groups excluding carboxylic acids is 1. The highest BCUT2D eigenvalue weighted by Crippen LogP contribution is 2.34. The van der Waals surface area contributed by atoms with Gasteiger partial charge in [-0.3, -0.25) is 9.69 Å². The highest BCUT2D eigenvalue weighted by Gasteiger charge is 2.25. The molecule has 6 nitrogen and oxygen atoms in total. The molecule has 0 aliphatic rings. The molecule has 0 atom stereocenters. The minimum atomic E-state index is -0.194. The van der Waals surface area contributed by atoms with Gasteiger partial charge in [-0.15, -0.1) is 11.3 Å². The van der Waals surface area contributed by atoms with Gasteiger partial charge < -0.3 is 0 Å². The fourth-order valence-electron chi connectivity index (χ4n) is 3.50. The second-order valence-electron chi connectivity index (χ2n) is 7.41. The molecule has 5 rings (SSSR count). The summed E-state index contributed by atoms with van der Waals surface area (Å²) >= 11 is 2.89. The maximum Gasteiger partial charge on any atom is 0.279 e. The summed E-state index contributed by atoms with van der Waals surface area (Å²) in [6.07, 6.45) is 3.33. The van der Waals surface area contributed by atoms with Gasteiger partial charge in [0.05, 0.1) is 16.8 Å². The average molecular weight is 458 g/mol. The first-order chi connectivity index (χ1) is 15.6. The molecule has 0 aliphatic heterocycles. The lowest BCUT2D eigenvalue weighted by atomic mass is 10.1. The number of aryl methyl sites for hydroxylation is 2. The number of amides is 1. The van der Waals surface area contributed by atoms with Crippen molar-refractivity contribution in [2.75, 3.05) is 4.90 Å². The molecule has 0 aliphatic carbocycles. The van der Waals surface area contributed by atoms with Gasteiger partial charge in [0.1, 0.15) is 5.69 Å². The Bertz CT molecular complexity index is 1400. The molecule has 0 spiro atoms. The van der Waals surface area contributed by atoms with E-state index in [2.05, 4.69) is 40.9 Å². The van der Waals surface area contributed by atoms with E-state index in [1.165, 1.54) is 22.7 Å². The van der Waals surface area contributed by atoms with Crippen LogP contribution in [0, 0.1) is 13.8 Å². The SMILES string of the molecule is Cc1cc(C)c2sc(N(Cc3ccccc3)C(=O)c3csc(-c4ncccn4)n3)nc2c1. The summed E-state index contributed by atoms with van der Waals surface area (Å²) in [5.74, 6) is 0.318. The molecule has 8 heteroatoms. The Hall–Kier alpha value is -3.49. The first-order valence-electron chi connectivity index (χ1n) is 10.0. The first-order valence-corrected chi connectivity index (χ1v) is 11.7. The lowest BCUT2D eigenvalue weighted by Crippen LogP contribution is -2.30. The van der Waals surface area contributed by atoms with Gasteiger partial charge in [0, 0.05) is 17.8 Å². The van der Waals surface area contributed by atoms with Crippen LogP contribution in [0.15, 0.2) is 66.3 Å². The van der Waals surface area contributed by atoms with Crippen molar-refractivity contribution >= 4 is 43.9 Å². The molecule has 0 saturated carbocycles. The monoisotopic (exact) mass is 457 g/mol. The normalized spacial score (nSPS) is 11.1. The number of rotatable bonds is 5. The zero-order valence-electron chi connectivity index (χ0n) is 17.5. The number of hydrogen-bond donors (Lipinski definition) is 0. The van der Waals surface area contributed by atoms with Crippen LogP contribution < -0.4 is 4.90 Å². The third-order valence-electron chi connectivity index (χ3n) is 4.95. The summed E-state index contributed by atoms with van der Waals surface area (Å²) in [5.41, 5.74) is 4.60. The van der Waals surface area contributed by atoms with E-state index < -0.39 is 0 Å². The molecule has 2 aromatic carbocycles. The van der Waals surface area contributed by atoms with Gasteiger partial charge in [0.15, 0.2) is 16.0 Å². The highest BCUT2D eigenvalue weighted by atomic mass is 32.1. The molecule has 0 saturated heterocycles. The highest BCUT2D eigenvalue weighted by molar-refractivity contribution is 7.22. The second kappa shape index (κ2) is 8.57. The van der Waals surface area contributed by atoms with E-state index in [0.717, 1.165) is 26.9 Å². The van der Waals surface area contributed by atoms with Crippen LogP contribution in [0.1, 0.15) is 27.2 Å². The number of thiazole rings is 2. The molecular formula is C24H19N5OS2. The number of benzene rings is 2. The minimum Gasteiger partial charge on any atom is -0.278 e. The average Bonchev–Trinajstić information content (AvgIpc) is 3.46. The maximum absolute atomic E-state index is 13.6. The van der Waals surface area contributed by atoms with Crippen molar-refractivity contribution in [3.63, 3.8) is 0 Å². The molecule has 0 unspecified atom stereocenters. The van der Waals surface area contributed by atoms with E-state index in [-0.39, 0.29) is 5.91 Å². The van der Waals surface area contributed by atoms with Crippen LogP contribution in [-0.2, 0) is 6.54 Å². The summed E-state index contributed by atoms with van der Waals surface area (Å²) in [6.45, 7) is 4.54. The van der Waals surface area contributed by atoms with Gasteiger partial charge in [-0.25, -0.2) is 19.9 Å². The van der Waals surface area contributed by atoms with E-state index in [1.54, 1.807) is 28.7 Å². The third kappa shape index (κ3) is 4.02. The molecular weight excluding hydrogens is 438 g/mol. The van der Waals surface area contributed by atoms with Gasteiger partial charge in [-0.05, 0) is 42.7 Å². The van der Waals surface area contributed by atoms with Crippen molar-refractivity contribution in [2.45, 2.75) is 20.4 Å². The smallest absolute Gasteiger partial charge is 0.278 e. The molecule has 0 bridgehead atoms. The Balaban J connectivity index is 1.55. The van der Waals surface area contributed by atoms with E-state index >= 15 is 0 Å². The zero-order chi connectivity index (χ0) is 22.1. The Kier molecular flexibility index (Phi) is 5.46. The van der Waals surface area contributed by atoms with Crippen molar-refractivity contribution < 1.29 is 4.79 Å². The molecule has 5 aromatic rings. The van der Waals surface area contributed by atoms with E-state index in [9.17, 15) is 4.79 Å². The predicted molar refractivity (Wildman–Crippen MR) is 129 cm³/mol. The largest absolute Gasteiger partial charge is 0.279 e. The van der Waals surface area contributed by atoms with Gasteiger partial charge in [-0.2, -0.15) is 0 Å². The first kappa shape index (κ1) is 20.4. The van der Waals surface area contributed by atoms with Gasteiger partial charge in [0.25, 0.3) is 5.91 Å². The van der Waals surface area contributed by atoms with Crippen LogP contribution in [0.2, 0.25) is 0 Å². The number of anilines is 1. The van der Waals surface area contributed by atoms with Crippen LogP contribution >= 0.6 is 22.7 Å². The molecule has 3 heterocycles. The van der Waals surface area contributed by atoms with E-state index in [4.69, 9.17) is 4.98 Å². The van der Waals surface area contributed by atoms with Gasteiger partial charge >= 0.3 is 0 Å². The van der Waals surface area contributed by atoms with Crippen LogP contribution in [0.5, 0.6) is 0 Å². The lowest BCUT2D eigenvalue weighted by molar-refractivity contribution is 0.0981. The van der Waals surface area contributed by atoms with E-state index in [1.807, 2.05) is 30.3 Å². The van der Waals surface area contributed by atoms with E-state index in [0.29, 0.717) is 28.2 Å². The second-order valence-corrected chi connectivity index (χ2v) is 9.25. The molecule has 32 heavy (non-hydrogen) atoms. The van der Waals surface area contributed by atoms with Crippen LogP contribution in [0.25, 0.3) is 21.0 Å². The molecule has 0 N–H and O–H groups in total. The van der Waals surface area contributed by atoms with Crippen LogP contribution in [-0.4, -0.2) is 25.8 Å². The van der Waals surface area contributed by atoms with Crippen LogP contribution in [0.4, 0.5) is 5.13 Å². The summed E-state index contributed by atoms with van der Waals surface area (Å²) in [6, 6.07) is 15.9. The number of carbonyl (C=O) groups is 1. The predicted octanol–water partition coefficient (Wildman–Crippen LogP) is 5.67. The lowest BCUT2D eigenvalue weighted by Gasteiger charge is -2.19. The summed E-state index contributed by atoms with van der Waals surface area (Å²) in [7, 11) is 0. The number of nitrogens with zero attached hydrogens (tertiary/aromatic N) is 5.